The maximum atomic E-state index is 13.2. The highest BCUT2D eigenvalue weighted by Gasteiger charge is 2.28. The van der Waals surface area contributed by atoms with Gasteiger partial charge in [-0.2, -0.15) is 0 Å². The summed E-state index contributed by atoms with van der Waals surface area (Å²) in [5, 5.41) is 2.91. The number of aliphatic imine (C=N–C) groups is 1. The number of ether oxygens (including phenoxy) is 1. The van der Waals surface area contributed by atoms with E-state index in [-0.39, 0.29) is 24.8 Å². The summed E-state index contributed by atoms with van der Waals surface area (Å²) in [6.45, 7) is 3.74. The van der Waals surface area contributed by atoms with Crippen molar-refractivity contribution in [2.75, 3.05) is 23.9 Å². The standard InChI is InChI=1S/C25H24N4O3/c1-16-9-10-17(2)21(12-16)28-23(30)15-29-24(31)14-22(18-6-4-7-19(13-18)32-3)27-20-8-5-11-26-25(20)29/h4-13H,14-15H2,1-3H3,(H,28,30). The van der Waals surface area contributed by atoms with Crippen LogP contribution >= 0.6 is 0 Å². The van der Waals surface area contributed by atoms with Gasteiger partial charge in [0.25, 0.3) is 0 Å². The summed E-state index contributed by atoms with van der Waals surface area (Å²) in [6.07, 6.45) is 1.63. The van der Waals surface area contributed by atoms with E-state index in [1.165, 1.54) is 4.90 Å². The van der Waals surface area contributed by atoms with Gasteiger partial charge in [0, 0.05) is 17.4 Å². The van der Waals surface area contributed by atoms with Gasteiger partial charge in [-0.1, -0.05) is 24.3 Å². The van der Waals surface area contributed by atoms with Gasteiger partial charge in [0.15, 0.2) is 5.82 Å². The third-order valence-corrected chi connectivity index (χ3v) is 5.27. The summed E-state index contributed by atoms with van der Waals surface area (Å²) in [6, 6.07) is 16.8. The van der Waals surface area contributed by atoms with Gasteiger partial charge in [0.1, 0.15) is 18.0 Å². The Balaban J connectivity index is 1.62. The summed E-state index contributed by atoms with van der Waals surface area (Å²) in [7, 11) is 1.59. The first-order valence-corrected chi connectivity index (χ1v) is 10.3. The number of carbonyl (C=O) groups is 2. The Labute approximate surface area is 186 Å². The number of benzene rings is 2. The first-order chi connectivity index (χ1) is 15.4. The van der Waals surface area contributed by atoms with Gasteiger partial charge >= 0.3 is 0 Å². The number of methoxy groups -OCH3 is 1. The van der Waals surface area contributed by atoms with E-state index in [1.807, 2.05) is 56.3 Å². The molecule has 0 unspecified atom stereocenters. The minimum atomic E-state index is -0.298. The summed E-state index contributed by atoms with van der Waals surface area (Å²) < 4.78 is 5.31. The molecule has 2 heterocycles. The normalized spacial score (nSPS) is 13.2. The maximum absolute atomic E-state index is 13.2. The minimum Gasteiger partial charge on any atom is -0.497 e. The Morgan fingerprint density at radius 1 is 1.12 bits per heavy atom. The fourth-order valence-corrected chi connectivity index (χ4v) is 3.56. The van der Waals surface area contributed by atoms with E-state index in [1.54, 1.807) is 25.4 Å². The van der Waals surface area contributed by atoms with Gasteiger partial charge in [-0.25, -0.2) is 9.98 Å². The van der Waals surface area contributed by atoms with Crippen LogP contribution in [0.2, 0.25) is 0 Å². The molecule has 4 rings (SSSR count). The molecule has 0 saturated carbocycles. The monoisotopic (exact) mass is 428 g/mol. The van der Waals surface area contributed by atoms with Crippen molar-refractivity contribution < 1.29 is 14.3 Å². The number of carbonyl (C=O) groups excluding carboxylic acids is 2. The molecule has 0 bridgehead atoms. The SMILES string of the molecule is COc1cccc(C2=Nc3cccnc3N(CC(=O)Nc3cc(C)ccc3C)C(=O)C2)c1. The van der Waals surface area contributed by atoms with Gasteiger partial charge in [-0.05, 0) is 55.3 Å². The van der Waals surface area contributed by atoms with Crippen molar-refractivity contribution in [1.82, 2.24) is 4.98 Å². The number of rotatable bonds is 5. The molecule has 0 saturated heterocycles. The smallest absolute Gasteiger partial charge is 0.244 e. The molecule has 32 heavy (non-hydrogen) atoms. The molecule has 1 aromatic heterocycles. The molecular weight excluding hydrogens is 404 g/mol. The zero-order chi connectivity index (χ0) is 22.7. The summed E-state index contributed by atoms with van der Waals surface area (Å²) >= 11 is 0. The highest BCUT2D eigenvalue weighted by atomic mass is 16.5. The molecule has 0 aliphatic carbocycles. The van der Waals surface area contributed by atoms with Crippen LogP contribution in [0.25, 0.3) is 0 Å². The van der Waals surface area contributed by atoms with Gasteiger partial charge in [0.2, 0.25) is 11.8 Å². The van der Waals surface area contributed by atoms with Crippen molar-refractivity contribution in [2.24, 2.45) is 4.99 Å². The van der Waals surface area contributed by atoms with E-state index in [4.69, 9.17) is 9.73 Å². The fourth-order valence-electron chi connectivity index (χ4n) is 3.56. The third-order valence-electron chi connectivity index (χ3n) is 5.27. The first kappa shape index (κ1) is 21.2. The number of pyridine rings is 1. The van der Waals surface area contributed by atoms with E-state index >= 15 is 0 Å². The Kier molecular flexibility index (Phi) is 5.98. The fraction of sp³-hybridized carbons (Fsp3) is 0.200. The summed E-state index contributed by atoms with van der Waals surface area (Å²) in [4.78, 5) is 36.5. The zero-order valence-electron chi connectivity index (χ0n) is 18.3. The Bertz CT molecular complexity index is 1220. The second-order valence-electron chi connectivity index (χ2n) is 7.66. The maximum Gasteiger partial charge on any atom is 0.244 e. The van der Waals surface area contributed by atoms with Gasteiger partial charge in [-0.15, -0.1) is 0 Å². The van der Waals surface area contributed by atoms with E-state index in [2.05, 4.69) is 10.3 Å². The van der Waals surface area contributed by atoms with Crippen LogP contribution in [0.3, 0.4) is 0 Å². The van der Waals surface area contributed by atoms with E-state index in [0.29, 0.717) is 23.0 Å². The summed E-state index contributed by atoms with van der Waals surface area (Å²) in [5.41, 5.74) is 4.64. The van der Waals surface area contributed by atoms with Crippen molar-refractivity contribution in [3.63, 3.8) is 0 Å². The highest BCUT2D eigenvalue weighted by molar-refractivity contribution is 6.18. The minimum absolute atomic E-state index is 0.0419. The number of hydrogen-bond acceptors (Lipinski definition) is 5. The quantitative estimate of drug-likeness (QED) is 0.660. The molecule has 1 N–H and O–H groups in total. The van der Waals surface area contributed by atoms with Gasteiger partial charge in [-0.3, -0.25) is 14.5 Å². The number of nitrogens with zero attached hydrogens (tertiary/aromatic N) is 3. The number of aromatic nitrogens is 1. The Morgan fingerprint density at radius 3 is 2.78 bits per heavy atom. The second kappa shape index (κ2) is 9.01. The molecule has 7 nitrogen and oxygen atoms in total. The van der Waals surface area contributed by atoms with Crippen molar-refractivity contribution in [3.8, 4) is 5.75 Å². The average Bonchev–Trinajstić information content (AvgIpc) is 2.93. The number of fused-ring (bicyclic) bond motifs is 1. The molecule has 2 amide bonds. The molecule has 162 valence electrons. The van der Waals surface area contributed by atoms with Crippen LogP contribution in [0.5, 0.6) is 5.75 Å². The second-order valence-corrected chi connectivity index (χ2v) is 7.66. The molecule has 0 radical (unpaired) electrons. The van der Waals surface area contributed by atoms with E-state index < -0.39 is 0 Å². The highest BCUT2D eigenvalue weighted by Crippen LogP contribution is 2.31. The number of anilines is 2. The largest absolute Gasteiger partial charge is 0.497 e. The average molecular weight is 428 g/mol. The van der Waals surface area contributed by atoms with Crippen LogP contribution in [0, 0.1) is 13.8 Å². The Morgan fingerprint density at radius 2 is 1.97 bits per heavy atom. The molecule has 7 heteroatoms. The molecule has 0 fully saturated rings. The number of hydrogen-bond donors (Lipinski definition) is 1. The Hall–Kier alpha value is -4.00. The van der Waals surface area contributed by atoms with Crippen LogP contribution < -0.4 is 15.0 Å². The van der Waals surface area contributed by atoms with Crippen LogP contribution in [-0.2, 0) is 9.59 Å². The molecule has 0 atom stereocenters. The van der Waals surface area contributed by atoms with E-state index in [0.717, 1.165) is 22.4 Å². The van der Waals surface area contributed by atoms with E-state index in [9.17, 15) is 9.59 Å². The predicted octanol–water partition coefficient (Wildman–Crippen LogP) is 4.20. The van der Waals surface area contributed by atoms with Crippen LogP contribution in [0.4, 0.5) is 17.2 Å². The van der Waals surface area contributed by atoms with Gasteiger partial charge in [0.05, 0.1) is 19.2 Å². The number of amides is 2. The van der Waals surface area contributed by atoms with Crippen molar-refractivity contribution in [1.29, 1.82) is 0 Å². The molecular formula is C25H24N4O3. The molecule has 1 aliphatic heterocycles. The van der Waals surface area contributed by atoms with Crippen LogP contribution in [0.15, 0.2) is 65.8 Å². The lowest BCUT2D eigenvalue weighted by atomic mass is 10.1. The van der Waals surface area contributed by atoms with Crippen molar-refractivity contribution in [3.05, 3.63) is 77.5 Å². The number of aryl methyl sites for hydroxylation is 2. The van der Waals surface area contributed by atoms with Crippen LogP contribution in [0.1, 0.15) is 23.1 Å². The lowest BCUT2D eigenvalue weighted by Crippen LogP contribution is -2.39. The van der Waals surface area contributed by atoms with Crippen LogP contribution in [-0.4, -0.2) is 36.2 Å². The first-order valence-electron chi connectivity index (χ1n) is 10.3. The third kappa shape index (κ3) is 4.51. The molecule has 2 aromatic carbocycles. The molecule has 1 aliphatic rings. The van der Waals surface area contributed by atoms with Crippen molar-refractivity contribution >= 4 is 34.7 Å². The zero-order valence-corrected chi connectivity index (χ0v) is 18.3. The molecule has 3 aromatic rings. The molecule has 0 spiro atoms. The lowest BCUT2D eigenvalue weighted by Gasteiger charge is -2.21. The topological polar surface area (TPSA) is 83.9 Å². The number of nitrogens with one attached hydrogen (secondary N) is 1. The van der Waals surface area contributed by atoms with Gasteiger partial charge < -0.3 is 10.1 Å². The predicted molar refractivity (Wildman–Crippen MR) is 125 cm³/mol. The lowest BCUT2D eigenvalue weighted by molar-refractivity contribution is -0.120. The van der Waals surface area contributed by atoms with Crippen molar-refractivity contribution in [2.45, 2.75) is 20.3 Å². The summed E-state index contributed by atoms with van der Waals surface area (Å²) in [5.74, 6) is 0.498.